The highest BCUT2D eigenvalue weighted by molar-refractivity contribution is 6.35. The SMILES string of the molecule is O=C(CN1CCN(C(=O)C=Cc2ccc(Cl)cc2Cl)CC1)Nc1ccccc1Cl. The maximum Gasteiger partial charge on any atom is 0.246 e. The van der Waals surface area contributed by atoms with Crippen LogP contribution in [0.15, 0.2) is 48.5 Å². The summed E-state index contributed by atoms with van der Waals surface area (Å²) in [6.07, 6.45) is 3.19. The molecule has 8 heteroatoms. The molecule has 3 rings (SSSR count). The van der Waals surface area contributed by atoms with Crippen molar-refractivity contribution in [1.82, 2.24) is 9.80 Å². The van der Waals surface area contributed by atoms with Gasteiger partial charge >= 0.3 is 0 Å². The van der Waals surface area contributed by atoms with Crippen molar-refractivity contribution in [2.75, 3.05) is 38.0 Å². The monoisotopic (exact) mass is 451 g/mol. The van der Waals surface area contributed by atoms with Gasteiger partial charge in [0.05, 0.1) is 17.3 Å². The molecule has 0 bridgehead atoms. The van der Waals surface area contributed by atoms with Gasteiger partial charge in [-0.25, -0.2) is 0 Å². The third-order valence-corrected chi connectivity index (χ3v) is 5.46. The van der Waals surface area contributed by atoms with E-state index in [0.717, 1.165) is 5.56 Å². The first-order valence-corrected chi connectivity index (χ1v) is 10.2. The summed E-state index contributed by atoms with van der Waals surface area (Å²) in [4.78, 5) is 28.4. The zero-order valence-electron chi connectivity index (χ0n) is 15.6. The summed E-state index contributed by atoms with van der Waals surface area (Å²) in [7, 11) is 0. The van der Waals surface area contributed by atoms with E-state index in [1.807, 2.05) is 17.0 Å². The number of piperazine rings is 1. The number of hydrogen-bond acceptors (Lipinski definition) is 3. The molecule has 2 amide bonds. The highest BCUT2D eigenvalue weighted by Gasteiger charge is 2.21. The van der Waals surface area contributed by atoms with Crippen molar-refractivity contribution < 1.29 is 9.59 Å². The summed E-state index contributed by atoms with van der Waals surface area (Å²) in [6.45, 7) is 2.60. The number of carbonyl (C=O) groups excluding carboxylic acids is 2. The lowest BCUT2D eigenvalue weighted by Crippen LogP contribution is -2.50. The van der Waals surface area contributed by atoms with Gasteiger partial charge in [-0.2, -0.15) is 0 Å². The van der Waals surface area contributed by atoms with Gasteiger partial charge in [0, 0.05) is 42.3 Å². The van der Waals surface area contributed by atoms with E-state index in [1.54, 1.807) is 41.3 Å². The molecule has 2 aromatic rings. The van der Waals surface area contributed by atoms with Gasteiger partial charge in [0.15, 0.2) is 0 Å². The molecule has 0 unspecified atom stereocenters. The minimum absolute atomic E-state index is 0.0869. The Morgan fingerprint density at radius 3 is 2.38 bits per heavy atom. The van der Waals surface area contributed by atoms with Crippen LogP contribution in [0.3, 0.4) is 0 Å². The first-order valence-electron chi connectivity index (χ1n) is 9.11. The predicted molar refractivity (Wildman–Crippen MR) is 119 cm³/mol. The Labute approximate surface area is 184 Å². The summed E-state index contributed by atoms with van der Waals surface area (Å²) in [5.41, 5.74) is 1.33. The lowest BCUT2D eigenvalue weighted by molar-refractivity contribution is -0.127. The molecule has 0 aromatic heterocycles. The lowest BCUT2D eigenvalue weighted by atomic mass is 10.2. The van der Waals surface area contributed by atoms with Gasteiger partial charge in [-0.1, -0.05) is 53.0 Å². The normalized spacial score (nSPS) is 14.9. The molecule has 1 aliphatic rings. The number of nitrogens with zero attached hydrogens (tertiary/aromatic N) is 2. The Kier molecular flexibility index (Phi) is 7.56. The van der Waals surface area contributed by atoms with Gasteiger partial charge in [-0.15, -0.1) is 0 Å². The van der Waals surface area contributed by atoms with Gasteiger partial charge in [-0.05, 0) is 35.9 Å². The third kappa shape index (κ3) is 6.21. The molecule has 1 aliphatic heterocycles. The molecule has 1 saturated heterocycles. The van der Waals surface area contributed by atoms with E-state index in [4.69, 9.17) is 34.8 Å². The number of anilines is 1. The molecule has 1 heterocycles. The van der Waals surface area contributed by atoms with E-state index < -0.39 is 0 Å². The van der Waals surface area contributed by atoms with Gasteiger partial charge in [0.2, 0.25) is 11.8 Å². The average Bonchev–Trinajstić information content (AvgIpc) is 2.69. The molecule has 0 radical (unpaired) electrons. The van der Waals surface area contributed by atoms with E-state index in [0.29, 0.717) is 46.9 Å². The van der Waals surface area contributed by atoms with Crippen molar-refractivity contribution in [2.45, 2.75) is 0 Å². The molecule has 0 saturated carbocycles. The van der Waals surface area contributed by atoms with Gasteiger partial charge in [0.1, 0.15) is 0 Å². The molecule has 0 atom stereocenters. The van der Waals surface area contributed by atoms with Crippen molar-refractivity contribution in [2.24, 2.45) is 0 Å². The summed E-state index contributed by atoms with van der Waals surface area (Å²) < 4.78 is 0. The van der Waals surface area contributed by atoms with E-state index in [9.17, 15) is 9.59 Å². The third-order valence-electron chi connectivity index (χ3n) is 4.57. The Morgan fingerprint density at radius 2 is 1.69 bits per heavy atom. The predicted octanol–water partition coefficient (Wildman–Crippen LogP) is 4.44. The maximum absolute atomic E-state index is 12.4. The minimum Gasteiger partial charge on any atom is -0.337 e. The smallest absolute Gasteiger partial charge is 0.246 e. The van der Waals surface area contributed by atoms with Crippen LogP contribution in [0.25, 0.3) is 6.08 Å². The number of para-hydroxylation sites is 1. The Hall–Kier alpha value is -2.05. The number of hydrogen-bond donors (Lipinski definition) is 1. The van der Waals surface area contributed by atoms with Crippen molar-refractivity contribution in [3.63, 3.8) is 0 Å². The van der Waals surface area contributed by atoms with Crippen molar-refractivity contribution in [3.05, 3.63) is 69.2 Å². The minimum atomic E-state index is -0.129. The van der Waals surface area contributed by atoms with Crippen molar-refractivity contribution >= 4 is 58.4 Å². The maximum atomic E-state index is 12.4. The topological polar surface area (TPSA) is 52.7 Å². The van der Waals surface area contributed by atoms with E-state index in [1.165, 1.54) is 6.08 Å². The zero-order valence-corrected chi connectivity index (χ0v) is 17.8. The zero-order chi connectivity index (χ0) is 20.8. The van der Waals surface area contributed by atoms with Crippen LogP contribution in [-0.2, 0) is 9.59 Å². The number of amides is 2. The van der Waals surface area contributed by atoms with E-state index >= 15 is 0 Å². The molecule has 1 fully saturated rings. The Morgan fingerprint density at radius 1 is 0.966 bits per heavy atom. The van der Waals surface area contributed by atoms with Crippen LogP contribution in [0.1, 0.15) is 5.56 Å². The van der Waals surface area contributed by atoms with Crippen LogP contribution in [0.5, 0.6) is 0 Å². The van der Waals surface area contributed by atoms with Crippen LogP contribution in [0.4, 0.5) is 5.69 Å². The number of nitrogens with one attached hydrogen (secondary N) is 1. The molecule has 152 valence electrons. The quantitative estimate of drug-likeness (QED) is 0.682. The molecule has 2 aromatic carbocycles. The van der Waals surface area contributed by atoms with E-state index in [-0.39, 0.29) is 18.4 Å². The molecule has 29 heavy (non-hydrogen) atoms. The number of halogens is 3. The standard InChI is InChI=1S/C21H20Cl3N3O2/c22-16-7-5-15(18(24)13-16)6-8-21(29)27-11-9-26(10-12-27)14-20(28)25-19-4-2-1-3-17(19)23/h1-8,13H,9-12,14H2,(H,25,28). The molecular formula is C21H20Cl3N3O2. The highest BCUT2D eigenvalue weighted by Crippen LogP contribution is 2.22. The van der Waals surface area contributed by atoms with Gasteiger partial charge in [0.25, 0.3) is 0 Å². The fourth-order valence-corrected chi connectivity index (χ4v) is 3.64. The second kappa shape index (κ2) is 10.1. The summed E-state index contributed by atoms with van der Waals surface area (Å²) in [5.74, 6) is -0.216. The first-order chi connectivity index (χ1) is 13.9. The molecule has 1 N–H and O–H groups in total. The summed E-state index contributed by atoms with van der Waals surface area (Å²) in [5, 5.41) is 4.36. The second-order valence-corrected chi connectivity index (χ2v) is 7.88. The fourth-order valence-electron chi connectivity index (χ4n) is 2.98. The molecule has 0 spiro atoms. The van der Waals surface area contributed by atoms with Crippen LogP contribution in [0, 0.1) is 0 Å². The molecule has 0 aliphatic carbocycles. The van der Waals surface area contributed by atoms with Crippen LogP contribution < -0.4 is 5.32 Å². The van der Waals surface area contributed by atoms with Crippen LogP contribution in [-0.4, -0.2) is 54.3 Å². The Balaban J connectivity index is 1.47. The first kappa shape index (κ1) is 21.7. The lowest BCUT2D eigenvalue weighted by Gasteiger charge is -2.33. The van der Waals surface area contributed by atoms with Crippen LogP contribution in [0.2, 0.25) is 15.1 Å². The second-order valence-electron chi connectivity index (χ2n) is 6.63. The fraction of sp³-hybridized carbons (Fsp3) is 0.238. The number of benzene rings is 2. The van der Waals surface area contributed by atoms with Gasteiger partial charge < -0.3 is 10.2 Å². The summed E-state index contributed by atoms with van der Waals surface area (Å²) in [6, 6.07) is 12.2. The average molecular weight is 453 g/mol. The summed E-state index contributed by atoms with van der Waals surface area (Å²) >= 11 is 18.1. The number of carbonyl (C=O) groups is 2. The van der Waals surface area contributed by atoms with Crippen molar-refractivity contribution in [1.29, 1.82) is 0 Å². The van der Waals surface area contributed by atoms with Gasteiger partial charge in [-0.3, -0.25) is 14.5 Å². The Bertz CT molecular complexity index is 925. The largest absolute Gasteiger partial charge is 0.337 e. The molecule has 5 nitrogen and oxygen atoms in total. The van der Waals surface area contributed by atoms with Crippen LogP contribution >= 0.6 is 34.8 Å². The van der Waals surface area contributed by atoms with Crippen molar-refractivity contribution in [3.8, 4) is 0 Å². The van der Waals surface area contributed by atoms with E-state index in [2.05, 4.69) is 5.32 Å². The molecular weight excluding hydrogens is 433 g/mol. The highest BCUT2D eigenvalue weighted by atomic mass is 35.5. The number of rotatable bonds is 5.